The molecule has 1 aliphatic heterocycles. The zero-order chi connectivity index (χ0) is 19.9. The quantitative estimate of drug-likeness (QED) is 0.741. The van der Waals surface area contributed by atoms with E-state index in [1.54, 1.807) is 33.7 Å². The van der Waals surface area contributed by atoms with Gasteiger partial charge in [-0.1, -0.05) is 6.07 Å². The van der Waals surface area contributed by atoms with Crippen molar-refractivity contribution in [2.75, 3.05) is 38.2 Å². The number of hydrogen-bond donors (Lipinski definition) is 1. The summed E-state index contributed by atoms with van der Waals surface area (Å²) >= 11 is 3.04. The lowest BCUT2D eigenvalue weighted by Crippen LogP contribution is -2.56. The minimum Gasteiger partial charge on any atom is -0.459 e. The van der Waals surface area contributed by atoms with Crippen LogP contribution in [-0.2, 0) is 4.79 Å². The minimum atomic E-state index is -0.607. The van der Waals surface area contributed by atoms with Gasteiger partial charge < -0.3 is 19.5 Å². The van der Waals surface area contributed by atoms with E-state index in [2.05, 4.69) is 5.32 Å². The molecular formula is C19H23N3O4S2. The van der Waals surface area contributed by atoms with Crippen molar-refractivity contribution in [3.63, 3.8) is 0 Å². The molecule has 7 nitrogen and oxygen atoms in total. The maximum absolute atomic E-state index is 13.0. The molecule has 1 fully saturated rings. The van der Waals surface area contributed by atoms with Gasteiger partial charge in [0.05, 0.1) is 11.1 Å². The summed E-state index contributed by atoms with van der Waals surface area (Å²) in [5.41, 5.74) is 0. The van der Waals surface area contributed by atoms with Crippen molar-refractivity contribution >= 4 is 40.8 Å². The predicted molar refractivity (Wildman–Crippen MR) is 110 cm³/mol. The zero-order valence-electron chi connectivity index (χ0n) is 15.6. The molecule has 0 aliphatic carbocycles. The molecule has 150 valence electrons. The highest BCUT2D eigenvalue weighted by molar-refractivity contribution is 7.98. The van der Waals surface area contributed by atoms with E-state index < -0.39 is 11.9 Å². The molecule has 0 unspecified atom stereocenters. The molecule has 28 heavy (non-hydrogen) atoms. The summed E-state index contributed by atoms with van der Waals surface area (Å²) in [5.74, 6) is 0.444. The molecule has 3 amide bonds. The molecular weight excluding hydrogens is 398 g/mol. The first-order valence-corrected chi connectivity index (χ1v) is 11.3. The third-order valence-corrected chi connectivity index (χ3v) is 6.07. The van der Waals surface area contributed by atoms with E-state index in [9.17, 15) is 14.4 Å². The van der Waals surface area contributed by atoms with Crippen LogP contribution in [-0.4, -0.2) is 71.8 Å². The molecule has 1 N–H and O–H groups in total. The summed E-state index contributed by atoms with van der Waals surface area (Å²) in [7, 11) is 0. The SMILES string of the molecule is CSCC[C@@H](NC(=O)c1ccco1)C(=O)N1CCN(C(=O)c2cccs2)CC1. The molecule has 1 saturated heterocycles. The lowest BCUT2D eigenvalue weighted by Gasteiger charge is -2.36. The van der Waals surface area contributed by atoms with Gasteiger partial charge in [0, 0.05) is 26.2 Å². The molecule has 0 saturated carbocycles. The number of rotatable bonds is 7. The monoisotopic (exact) mass is 421 g/mol. The molecule has 2 aromatic rings. The van der Waals surface area contributed by atoms with Crippen LogP contribution in [0.3, 0.4) is 0 Å². The third-order valence-electron chi connectivity index (χ3n) is 4.57. The number of thioether (sulfide) groups is 1. The summed E-state index contributed by atoms with van der Waals surface area (Å²) < 4.78 is 5.12. The fourth-order valence-electron chi connectivity index (χ4n) is 3.04. The number of piperazine rings is 1. The van der Waals surface area contributed by atoms with Gasteiger partial charge in [-0.25, -0.2) is 0 Å². The van der Waals surface area contributed by atoms with Gasteiger partial charge in [-0.2, -0.15) is 11.8 Å². The van der Waals surface area contributed by atoms with Gasteiger partial charge in [-0.05, 0) is 42.0 Å². The maximum Gasteiger partial charge on any atom is 0.287 e. The topological polar surface area (TPSA) is 82.9 Å². The minimum absolute atomic E-state index is 0.00662. The second-order valence-corrected chi connectivity index (χ2v) is 8.31. The molecule has 0 radical (unpaired) electrons. The summed E-state index contributed by atoms with van der Waals surface area (Å²) in [4.78, 5) is 42.0. The molecule has 3 heterocycles. The van der Waals surface area contributed by atoms with Crippen LogP contribution in [0, 0.1) is 0 Å². The van der Waals surface area contributed by atoms with E-state index >= 15 is 0 Å². The van der Waals surface area contributed by atoms with E-state index in [-0.39, 0.29) is 17.6 Å². The molecule has 1 atom stereocenters. The van der Waals surface area contributed by atoms with E-state index in [0.29, 0.717) is 37.5 Å². The largest absolute Gasteiger partial charge is 0.459 e. The molecule has 0 bridgehead atoms. The van der Waals surface area contributed by atoms with Crippen LogP contribution in [0.4, 0.5) is 0 Å². The van der Waals surface area contributed by atoms with Crippen LogP contribution in [0.15, 0.2) is 40.3 Å². The summed E-state index contributed by atoms with van der Waals surface area (Å²) in [5, 5.41) is 4.67. The molecule has 2 aromatic heterocycles. The molecule has 0 spiro atoms. The number of nitrogens with zero attached hydrogens (tertiary/aromatic N) is 2. The number of carbonyl (C=O) groups is 3. The van der Waals surface area contributed by atoms with Crippen molar-refractivity contribution in [2.45, 2.75) is 12.5 Å². The van der Waals surface area contributed by atoms with Gasteiger partial charge in [0.1, 0.15) is 6.04 Å². The Bertz CT molecular complexity index is 784. The smallest absolute Gasteiger partial charge is 0.287 e. The third kappa shape index (κ3) is 4.96. The number of furan rings is 1. The van der Waals surface area contributed by atoms with Crippen molar-refractivity contribution in [2.24, 2.45) is 0 Å². The van der Waals surface area contributed by atoms with Gasteiger partial charge in [-0.15, -0.1) is 11.3 Å². The van der Waals surface area contributed by atoms with E-state index in [1.165, 1.54) is 17.6 Å². The lowest BCUT2D eigenvalue weighted by atomic mass is 10.1. The van der Waals surface area contributed by atoms with Crippen LogP contribution in [0.5, 0.6) is 0 Å². The van der Waals surface area contributed by atoms with Crippen LogP contribution >= 0.6 is 23.1 Å². The highest BCUT2D eigenvalue weighted by Gasteiger charge is 2.30. The van der Waals surface area contributed by atoms with Crippen molar-refractivity contribution in [1.82, 2.24) is 15.1 Å². The Balaban J connectivity index is 1.58. The average Bonchev–Trinajstić information content (AvgIpc) is 3.44. The average molecular weight is 422 g/mol. The second-order valence-electron chi connectivity index (χ2n) is 6.38. The van der Waals surface area contributed by atoms with Crippen molar-refractivity contribution < 1.29 is 18.8 Å². The first-order valence-electron chi connectivity index (χ1n) is 9.05. The Morgan fingerprint density at radius 3 is 2.54 bits per heavy atom. The Morgan fingerprint density at radius 1 is 1.18 bits per heavy atom. The number of amides is 3. The molecule has 9 heteroatoms. The van der Waals surface area contributed by atoms with Gasteiger partial charge in [-0.3, -0.25) is 14.4 Å². The summed E-state index contributed by atoms with van der Waals surface area (Å²) in [6.45, 7) is 1.90. The predicted octanol–water partition coefficient (Wildman–Crippen LogP) is 2.18. The number of thiophene rings is 1. The Kier molecular flexibility index (Phi) is 7.16. The maximum atomic E-state index is 13.0. The van der Waals surface area contributed by atoms with E-state index in [0.717, 1.165) is 5.75 Å². The zero-order valence-corrected chi connectivity index (χ0v) is 17.3. The fraction of sp³-hybridized carbons (Fsp3) is 0.421. The number of hydrogen-bond acceptors (Lipinski definition) is 6. The van der Waals surface area contributed by atoms with Crippen LogP contribution in [0.2, 0.25) is 0 Å². The van der Waals surface area contributed by atoms with Crippen molar-refractivity contribution in [3.8, 4) is 0 Å². The van der Waals surface area contributed by atoms with Crippen molar-refractivity contribution in [1.29, 1.82) is 0 Å². The summed E-state index contributed by atoms with van der Waals surface area (Å²) in [6.07, 6.45) is 3.93. The Morgan fingerprint density at radius 2 is 1.93 bits per heavy atom. The standard InChI is InChI=1S/C19H23N3O4S2/c1-27-13-6-14(20-17(23)15-4-2-11-26-15)18(24)21-7-9-22(10-8-21)19(25)16-5-3-12-28-16/h2-5,11-12,14H,6-10,13H2,1H3,(H,20,23)/t14-/m1/s1. The number of nitrogens with one attached hydrogen (secondary N) is 1. The highest BCUT2D eigenvalue weighted by atomic mass is 32.2. The summed E-state index contributed by atoms with van der Waals surface area (Å²) in [6, 6.07) is 6.27. The normalized spacial score (nSPS) is 15.3. The first kappa shape index (κ1) is 20.5. The van der Waals surface area contributed by atoms with Crippen LogP contribution in [0.1, 0.15) is 26.6 Å². The fourth-order valence-corrected chi connectivity index (χ4v) is 4.20. The van der Waals surface area contributed by atoms with Gasteiger partial charge >= 0.3 is 0 Å². The van der Waals surface area contributed by atoms with E-state index in [1.807, 2.05) is 23.8 Å². The first-order chi connectivity index (χ1) is 13.6. The number of carbonyl (C=O) groups excluding carboxylic acids is 3. The van der Waals surface area contributed by atoms with Gasteiger partial charge in [0.15, 0.2) is 5.76 Å². The Hall–Kier alpha value is -2.26. The second kappa shape index (κ2) is 9.79. The molecule has 0 aromatic carbocycles. The van der Waals surface area contributed by atoms with Gasteiger partial charge in [0.25, 0.3) is 11.8 Å². The van der Waals surface area contributed by atoms with Crippen LogP contribution < -0.4 is 5.32 Å². The highest BCUT2D eigenvalue weighted by Crippen LogP contribution is 2.15. The van der Waals surface area contributed by atoms with Gasteiger partial charge in [0.2, 0.25) is 5.91 Å². The molecule has 3 rings (SSSR count). The molecule has 1 aliphatic rings. The van der Waals surface area contributed by atoms with Crippen LogP contribution in [0.25, 0.3) is 0 Å². The van der Waals surface area contributed by atoms with Crippen molar-refractivity contribution in [3.05, 3.63) is 46.5 Å². The lowest BCUT2D eigenvalue weighted by molar-refractivity contribution is -0.134. The van der Waals surface area contributed by atoms with E-state index in [4.69, 9.17) is 4.42 Å². The Labute approximate surface area is 172 Å².